The third kappa shape index (κ3) is 5.72. The summed E-state index contributed by atoms with van der Waals surface area (Å²) < 4.78 is 0.565. The molecule has 0 saturated carbocycles. The van der Waals surface area contributed by atoms with Crippen molar-refractivity contribution in [2.75, 3.05) is 16.4 Å². The van der Waals surface area contributed by atoms with Gasteiger partial charge in [0.25, 0.3) is 5.91 Å². The van der Waals surface area contributed by atoms with Gasteiger partial charge in [-0.15, -0.1) is 10.2 Å². The molecule has 2 aromatic carbocycles. The zero-order valence-corrected chi connectivity index (χ0v) is 19.5. The molecule has 6 nitrogen and oxygen atoms in total. The predicted molar refractivity (Wildman–Crippen MR) is 124 cm³/mol. The molecule has 0 saturated heterocycles. The standard InChI is InChI=1S/C20H18Cl2N4O2S2/c1-10-6-11(2)17(12(3)7-10)23-16(27)9-29-20-26-25-19(30-20)24-18(28)14-8-13(21)4-5-15(14)22/h4-8H,9H2,1-3H3,(H,23,27)(H,24,25,28). The topological polar surface area (TPSA) is 84.0 Å². The monoisotopic (exact) mass is 480 g/mol. The van der Waals surface area contributed by atoms with Crippen molar-refractivity contribution in [2.45, 2.75) is 25.1 Å². The molecular weight excluding hydrogens is 463 g/mol. The van der Waals surface area contributed by atoms with Gasteiger partial charge in [-0.3, -0.25) is 14.9 Å². The minimum absolute atomic E-state index is 0.137. The molecule has 0 aliphatic heterocycles. The molecule has 0 aliphatic carbocycles. The number of benzene rings is 2. The van der Waals surface area contributed by atoms with E-state index in [1.165, 1.54) is 29.2 Å². The fourth-order valence-corrected chi connectivity index (χ4v) is 4.76. The third-order valence-corrected chi connectivity index (χ3v) is 6.60. The minimum Gasteiger partial charge on any atom is -0.325 e. The Labute approximate surface area is 192 Å². The van der Waals surface area contributed by atoms with Crippen molar-refractivity contribution in [3.63, 3.8) is 0 Å². The summed E-state index contributed by atoms with van der Waals surface area (Å²) in [6, 6.07) is 8.69. The van der Waals surface area contributed by atoms with E-state index in [1.807, 2.05) is 32.9 Å². The number of hydrogen-bond acceptors (Lipinski definition) is 6. The van der Waals surface area contributed by atoms with Gasteiger partial charge in [0.15, 0.2) is 4.34 Å². The van der Waals surface area contributed by atoms with Gasteiger partial charge in [0, 0.05) is 10.7 Å². The number of amides is 2. The maximum absolute atomic E-state index is 12.4. The molecule has 2 N–H and O–H groups in total. The van der Waals surface area contributed by atoms with E-state index < -0.39 is 5.91 Å². The summed E-state index contributed by atoms with van der Waals surface area (Å²) in [5, 5.41) is 14.5. The number of thioether (sulfide) groups is 1. The Balaban J connectivity index is 1.57. The SMILES string of the molecule is Cc1cc(C)c(NC(=O)CSc2nnc(NC(=O)c3cc(Cl)ccc3Cl)s2)c(C)c1. The second kappa shape index (κ2) is 9.78. The fourth-order valence-electron chi connectivity index (χ4n) is 2.83. The quantitative estimate of drug-likeness (QED) is 0.346. The van der Waals surface area contributed by atoms with Gasteiger partial charge in [0.05, 0.1) is 16.3 Å². The molecule has 0 unspecified atom stereocenters. The van der Waals surface area contributed by atoms with Crippen LogP contribution in [0.5, 0.6) is 0 Å². The van der Waals surface area contributed by atoms with Crippen molar-refractivity contribution in [1.82, 2.24) is 10.2 Å². The Morgan fingerprint density at radius 1 is 1.03 bits per heavy atom. The lowest BCUT2D eigenvalue weighted by molar-refractivity contribution is -0.113. The molecule has 0 radical (unpaired) electrons. The number of carbonyl (C=O) groups is 2. The number of anilines is 2. The second-order valence-electron chi connectivity index (χ2n) is 6.56. The molecule has 30 heavy (non-hydrogen) atoms. The van der Waals surface area contributed by atoms with Gasteiger partial charge in [-0.05, 0) is 50.1 Å². The van der Waals surface area contributed by atoms with E-state index in [4.69, 9.17) is 23.2 Å². The van der Waals surface area contributed by atoms with Crippen molar-refractivity contribution in [3.8, 4) is 0 Å². The Hall–Kier alpha value is -2.13. The highest BCUT2D eigenvalue weighted by atomic mass is 35.5. The van der Waals surface area contributed by atoms with E-state index in [0.29, 0.717) is 14.5 Å². The molecule has 2 amide bonds. The normalized spacial score (nSPS) is 10.7. The number of carbonyl (C=O) groups excluding carboxylic acids is 2. The third-order valence-electron chi connectivity index (χ3n) is 4.07. The molecule has 10 heteroatoms. The molecule has 3 aromatic rings. The lowest BCUT2D eigenvalue weighted by Gasteiger charge is -2.12. The Kier molecular flexibility index (Phi) is 7.36. The van der Waals surface area contributed by atoms with E-state index in [0.717, 1.165) is 22.4 Å². The molecule has 0 bridgehead atoms. The molecule has 1 heterocycles. The van der Waals surface area contributed by atoms with Gasteiger partial charge < -0.3 is 5.32 Å². The maximum Gasteiger partial charge on any atom is 0.259 e. The summed E-state index contributed by atoms with van der Waals surface area (Å²) in [6.07, 6.45) is 0. The first kappa shape index (κ1) is 22.6. The van der Waals surface area contributed by atoms with E-state index in [9.17, 15) is 9.59 Å². The smallest absolute Gasteiger partial charge is 0.259 e. The van der Waals surface area contributed by atoms with Gasteiger partial charge in [-0.2, -0.15) is 0 Å². The molecular formula is C20H18Cl2N4O2S2. The van der Waals surface area contributed by atoms with Crippen LogP contribution in [0.25, 0.3) is 0 Å². The van der Waals surface area contributed by atoms with Crippen LogP contribution in [0.2, 0.25) is 10.0 Å². The number of nitrogens with zero attached hydrogens (tertiary/aromatic N) is 2. The van der Waals surface area contributed by atoms with Crippen molar-refractivity contribution in [3.05, 3.63) is 62.6 Å². The first-order valence-corrected chi connectivity index (χ1v) is 11.4. The van der Waals surface area contributed by atoms with Gasteiger partial charge in [0.1, 0.15) is 0 Å². The average molecular weight is 481 g/mol. The summed E-state index contributed by atoms with van der Waals surface area (Å²) in [4.78, 5) is 24.7. The molecule has 0 spiro atoms. The first-order chi connectivity index (χ1) is 14.2. The maximum atomic E-state index is 12.4. The number of hydrogen-bond donors (Lipinski definition) is 2. The van der Waals surface area contributed by atoms with Crippen LogP contribution >= 0.6 is 46.3 Å². The molecule has 156 valence electrons. The number of nitrogens with one attached hydrogen (secondary N) is 2. The van der Waals surface area contributed by atoms with Crippen molar-refractivity contribution in [1.29, 1.82) is 0 Å². The number of aromatic nitrogens is 2. The van der Waals surface area contributed by atoms with Crippen LogP contribution < -0.4 is 10.6 Å². The fraction of sp³-hybridized carbons (Fsp3) is 0.200. The predicted octanol–water partition coefficient (Wildman–Crippen LogP) is 5.75. The second-order valence-corrected chi connectivity index (χ2v) is 9.61. The van der Waals surface area contributed by atoms with E-state index in [-0.39, 0.29) is 22.2 Å². The van der Waals surface area contributed by atoms with Gasteiger partial charge in [0.2, 0.25) is 11.0 Å². The number of halogens is 2. The van der Waals surface area contributed by atoms with Crippen LogP contribution in [-0.2, 0) is 4.79 Å². The minimum atomic E-state index is -0.432. The van der Waals surface area contributed by atoms with Gasteiger partial charge in [-0.1, -0.05) is 64.0 Å². The van der Waals surface area contributed by atoms with Crippen LogP contribution in [-0.4, -0.2) is 27.8 Å². The van der Waals surface area contributed by atoms with Crippen LogP contribution in [0.3, 0.4) is 0 Å². The summed E-state index contributed by atoms with van der Waals surface area (Å²) >= 11 is 14.4. The van der Waals surface area contributed by atoms with E-state index >= 15 is 0 Å². The van der Waals surface area contributed by atoms with Gasteiger partial charge in [-0.25, -0.2) is 0 Å². The average Bonchev–Trinajstić information content (AvgIpc) is 3.12. The highest BCUT2D eigenvalue weighted by Gasteiger charge is 2.15. The molecule has 1 aromatic heterocycles. The van der Waals surface area contributed by atoms with Crippen LogP contribution in [0.4, 0.5) is 10.8 Å². The zero-order valence-electron chi connectivity index (χ0n) is 16.4. The molecule has 0 fully saturated rings. The zero-order chi connectivity index (χ0) is 21.8. The first-order valence-electron chi connectivity index (χ1n) is 8.83. The van der Waals surface area contributed by atoms with Crippen LogP contribution in [0.1, 0.15) is 27.0 Å². The summed E-state index contributed by atoms with van der Waals surface area (Å²) in [6.45, 7) is 5.96. The number of aryl methyl sites for hydroxylation is 3. The Bertz CT molecular complexity index is 1090. The van der Waals surface area contributed by atoms with E-state index in [2.05, 4.69) is 20.8 Å². The largest absolute Gasteiger partial charge is 0.325 e. The molecule has 3 rings (SSSR count). The Morgan fingerprint density at radius 3 is 2.43 bits per heavy atom. The highest BCUT2D eigenvalue weighted by Crippen LogP contribution is 2.28. The van der Waals surface area contributed by atoms with Gasteiger partial charge >= 0.3 is 0 Å². The van der Waals surface area contributed by atoms with Crippen LogP contribution in [0.15, 0.2) is 34.7 Å². The highest BCUT2D eigenvalue weighted by molar-refractivity contribution is 8.01. The summed E-state index contributed by atoms with van der Waals surface area (Å²) in [5.41, 5.74) is 4.27. The lowest BCUT2D eigenvalue weighted by atomic mass is 10.1. The Morgan fingerprint density at radius 2 is 1.73 bits per heavy atom. The summed E-state index contributed by atoms with van der Waals surface area (Å²) in [7, 11) is 0. The van der Waals surface area contributed by atoms with Crippen molar-refractivity contribution in [2.24, 2.45) is 0 Å². The number of rotatable bonds is 6. The van der Waals surface area contributed by atoms with Crippen molar-refractivity contribution < 1.29 is 9.59 Å². The lowest BCUT2D eigenvalue weighted by Crippen LogP contribution is -2.15. The van der Waals surface area contributed by atoms with Crippen LogP contribution in [0, 0.1) is 20.8 Å². The molecule has 0 aliphatic rings. The van der Waals surface area contributed by atoms with E-state index in [1.54, 1.807) is 12.1 Å². The summed E-state index contributed by atoms with van der Waals surface area (Å²) in [5.74, 6) is -0.394. The molecule has 0 atom stereocenters. The van der Waals surface area contributed by atoms with Crippen molar-refractivity contribution >= 4 is 68.9 Å².